The van der Waals surface area contributed by atoms with E-state index in [1.165, 1.54) is 14.2 Å². The number of carboxylic acids is 1. The summed E-state index contributed by atoms with van der Waals surface area (Å²) in [5.74, 6) is -0.962. The normalized spacial score (nSPS) is 10.3. The van der Waals surface area contributed by atoms with E-state index in [2.05, 4.69) is 10.4 Å². The summed E-state index contributed by atoms with van der Waals surface area (Å²) in [5.41, 5.74) is 2.30. The Balaban J connectivity index is 3.47. The monoisotopic (exact) mass is 262 g/mol. The highest BCUT2D eigenvalue weighted by Crippen LogP contribution is 2.08. The van der Waals surface area contributed by atoms with Crippen molar-refractivity contribution in [2.75, 3.05) is 14.2 Å². The summed E-state index contributed by atoms with van der Waals surface area (Å²) in [6.07, 6.45) is 4.74. The number of hydrogen-bond acceptors (Lipinski definition) is 5. The molecule has 0 aliphatic rings. The number of carbonyl (C=O) groups excluding carboxylic acids is 1. The summed E-state index contributed by atoms with van der Waals surface area (Å²) >= 11 is 0. The van der Waals surface area contributed by atoms with Crippen LogP contribution >= 0.6 is 0 Å². The maximum Gasteiger partial charge on any atom is 0.303 e. The number of rotatable bonds is 11. The highest BCUT2D eigenvalue weighted by Gasteiger charge is 2.11. The number of aliphatic carboxylic acids is 1. The maximum absolute atomic E-state index is 11.5. The minimum absolute atomic E-state index is 0.204. The predicted molar refractivity (Wildman–Crippen MR) is 64.0 cm³/mol. The third kappa shape index (κ3) is 8.91. The first kappa shape index (κ1) is 16.8. The fourth-order valence-corrected chi connectivity index (χ4v) is 1.46. The summed E-state index contributed by atoms with van der Waals surface area (Å²) in [4.78, 5) is 31.1. The minimum atomic E-state index is -0.758. The van der Waals surface area contributed by atoms with Gasteiger partial charge in [-0.3, -0.25) is 19.3 Å². The van der Waals surface area contributed by atoms with Crippen LogP contribution in [0.5, 0.6) is 0 Å². The van der Waals surface area contributed by atoms with E-state index in [0.29, 0.717) is 12.8 Å². The van der Waals surface area contributed by atoms with E-state index in [0.717, 1.165) is 30.9 Å². The zero-order valence-electron chi connectivity index (χ0n) is 11.0. The Morgan fingerprint density at radius 2 is 1.61 bits per heavy atom. The molecule has 0 aromatic rings. The van der Waals surface area contributed by atoms with Gasteiger partial charge in [-0.25, -0.2) is 0 Å². The second-order valence-electron chi connectivity index (χ2n) is 3.83. The van der Waals surface area contributed by atoms with Gasteiger partial charge < -0.3 is 5.11 Å². The summed E-state index contributed by atoms with van der Waals surface area (Å²) in [7, 11) is 2.76. The van der Waals surface area contributed by atoms with Crippen molar-refractivity contribution < 1.29 is 24.4 Å². The van der Waals surface area contributed by atoms with Crippen molar-refractivity contribution >= 4 is 11.9 Å². The molecule has 0 spiro atoms. The smallest absolute Gasteiger partial charge is 0.303 e. The van der Waals surface area contributed by atoms with E-state index in [4.69, 9.17) is 9.94 Å². The molecule has 0 fully saturated rings. The Bertz CT molecular complexity index is 248. The molecule has 0 saturated carbocycles. The van der Waals surface area contributed by atoms with E-state index in [1.54, 1.807) is 0 Å². The molecule has 106 valence electrons. The van der Waals surface area contributed by atoms with Crippen LogP contribution in [0.3, 0.4) is 0 Å². The number of amides is 1. The minimum Gasteiger partial charge on any atom is -0.481 e. The van der Waals surface area contributed by atoms with Crippen LogP contribution in [0.15, 0.2) is 0 Å². The van der Waals surface area contributed by atoms with Gasteiger partial charge in [-0.05, 0) is 12.8 Å². The van der Waals surface area contributed by atoms with Crippen LogP contribution in [-0.2, 0) is 19.3 Å². The van der Waals surface area contributed by atoms with Crippen molar-refractivity contribution in [1.29, 1.82) is 0 Å². The average Bonchev–Trinajstić information content (AvgIpc) is 2.34. The van der Waals surface area contributed by atoms with Gasteiger partial charge in [-0.2, -0.15) is 0 Å². The number of carboxylic acid groups (broad SMARTS) is 1. The molecule has 7 nitrogen and oxygen atoms in total. The highest BCUT2D eigenvalue weighted by atomic mass is 16.8. The Kier molecular flexibility index (Phi) is 10.2. The van der Waals surface area contributed by atoms with Crippen molar-refractivity contribution in [3.8, 4) is 0 Å². The van der Waals surface area contributed by atoms with E-state index in [9.17, 15) is 9.59 Å². The zero-order chi connectivity index (χ0) is 13.8. The average molecular weight is 262 g/mol. The third-order valence-electron chi connectivity index (χ3n) is 2.36. The highest BCUT2D eigenvalue weighted by molar-refractivity contribution is 5.74. The molecule has 0 saturated heterocycles. The second-order valence-corrected chi connectivity index (χ2v) is 3.83. The van der Waals surface area contributed by atoms with E-state index < -0.39 is 5.97 Å². The van der Waals surface area contributed by atoms with Crippen molar-refractivity contribution in [3.05, 3.63) is 0 Å². The fraction of sp³-hybridized carbons (Fsp3) is 0.818. The first-order valence-electron chi connectivity index (χ1n) is 5.99. The van der Waals surface area contributed by atoms with Gasteiger partial charge >= 0.3 is 5.97 Å². The Hall–Kier alpha value is -1.18. The number of nitrogens with one attached hydrogen (secondary N) is 1. The molecule has 2 N–H and O–H groups in total. The number of hydrogen-bond donors (Lipinski definition) is 2. The van der Waals surface area contributed by atoms with Gasteiger partial charge in [0.2, 0.25) is 0 Å². The zero-order valence-corrected chi connectivity index (χ0v) is 11.0. The molecule has 0 radical (unpaired) electrons. The summed E-state index contributed by atoms with van der Waals surface area (Å²) in [6, 6.07) is 0. The summed E-state index contributed by atoms with van der Waals surface area (Å²) in [5, 5.41) is 9.38. The summed E-state index contributed by atoms with van der Waals surface area (Å²) < 4.78 is 0. The first-order chi connectivity index (χ1) is 8.61. The molecule has 18 heavy (non-hydrogen) atoms. The van der Waals surface area contributed by atoms with Gasteiger partial charge in [-0.15, -0.1) is 5.17 Å². The molecule has 0 rings (SSSR count). The summed E-state index contributed by atoms with van der Waals surface area (Å²) in [6.45, 7) is 0. The van der Waals surface area contributed by atoms with Crippen molar-refractivity contribution in [2.45, 2.75) is 44.9 Å². The van der Waals surface area contributed by atoms with Gasteiger partial charge in [0.25, 0.3) is 5.91 Å². The molecule has 1 amide bonds. The van der Waals surface area contributed by atoms with E-state index >= 15 is 0 Å². The lowest BCUT2D eigenvalue weighted by Gasteiger charge is -2.18. The van der Waals surface area contributed by atoms with Crippen LogP contribution in [0.4, 0.5) is 0 Å². The molecule has 7 heteroatoms. The van der Waals surface area contributed by atoms with Gasteiger partial charge in [0.1, 0.15) is 0 Å². The van der Waals surface area contributed by atoms with Crippen molar-refractivity contribution in [1.82, 2.24) is 10.8 Å². The molecule has 0 aliphatic heterocycles. The fourth-order valence-electron chi connectivity index (χ4n) is 1.46. The molecule has 0 bridgehead atoms. The third-order valence-corrected chi connectivity index (χ3v) is 2.36. The van der Waals surface area contributed by atoms with Gasteiger partial charge in [0.05, 0.1) is 14.2 Å². The molecule has 0 heterocycles. The van der Waals surface area contributed by atoms with Crippen molar-refractivity contribution in [2.24, 2.45) is 0 Å². The lowest BCUT2D eigenvalue weighted by atomic mass is 10.1. The topological polar surface area (TPSA) is 88.1 Å². The molecule has 0 atom stereocenters. The van der Waals surface area contributed by atoms with Crippen LogP contribution in [0.25, 0.3) is 0 Å². The molecule has 0 aliphatic carbocycles. The SMILES string of the molecule is CONN(OC)C(=O)CCCCCCCC(=O)O. The molecule has 0 aromatic carbocycles. The van der Waals surface area contributed by atoms with Crippen LogP contribution in [0, 0.1) is 0 Å². The van der Waals surface area contributed by atoms with Crippen LogP contribution in [0.2, 0.25) is 0 Å². The van der Waals surface area contributed by atoms with Crippen molar-refractivity contribution in [3.63, 3.8) is 0 Å². The standard InChI is InChI=1S/C11H22N2O5/c1-17-12-13(18-2)10(14)8-6-4-3-5-7-9-11(15)16/h12H,3-9H2,1-2H3,(H,15,16). The van der Waals surface area contributed by atoms with Gasteiger partial charge in [0.15, 0.2) is 0 Å². The second kappa shape index (κ2) is 10.9. The van der Waals surface area contributed by atoms with E-state index in [1.807, 2.05) is 0 Å². The molecular formula is C11H22N2O5. The largest absolute Gasteiger partial charge is 0.481 e. The number of carbonyl (C=O) groups is 2. The molecule has 0 aromatic heterocycles. The maximum atomic E-state index is 11.5. The lowest BCUT2D eigenvalue weighted by Crippen LogP contribution is -2.41. The van der Waals surface area contributed by atoms with Crippen LogP contribution in [0.1, 0.15) is 44.9 Å². The Morgan fingerprint density at radius 1 is 1.06 bits per heavy atom. The molecule has 0 unspecified atom stereocenters. The Labute approximate surface area is 107 Å². The van der Waals surface area contributed by atoms with Crippen LogP contribution < -0.4 is 5.59 Å². The lowest BCUT2D eigenvalue weighted by molar-refractivity contribution is -0.241. The number of unbranched alkanes of at least 4 members (excludes halogenated alkanes) is 4. The Morgan fingerprint density at radius 3 is 2.11 bits per heavy atom. The molecular weight excluding hydrogens is 240 g/mol. The van der Waals surface area contributed by atoms with Crippen LogP contribution in [-0.4, -0.2) is 36.4 Å². The van der Waals surface area contributed by atoms with Gasteiger partial charge in [-0.1, -0.05) is 24.9 Å². The van der Waals surface area contributed by atoms with E-state index in [-0.39, 0.29) is 12.3 Å². The number of nitrogens with zero attached hydrogens (tertiary/aromatic N) is 1. The predicted octanol–water partition coefficient (Wildman–Crippen LogP) is 1.26. The van der Waals surface area contributed by atoms with Gasteiger partial charge in [0, 0.05) is 12.8 Å². The quantitative estimate of drug-likeness (QED) is 0.430. The number of hydrazine groups is 1. The first-order valence-corrected chi connectivity index (χ1v) is 5.99. The number of hydroxylamine groups is 1.